The van der Waals surface area contributed by atoms with Crippen molar-refractivity contribution in [1.29, 1.82) is 0 Å². The summed E-state index contributed by atoms with van der Waals surface area (Å²) in [5, 5.41) is -0.708. The second kappa shape index (κ2) is 6.67. The van der Waals surface area contributed by atoms with Crippen molar-refractivity contribution < 1.29 is 9.18 Å². The van der Waals surface area contributed by atoms with Crippen LogP contribution in [0.3, 0.4) is 0 Å². The van der Waals surface area contributed by atoms with E-state index >= 15 is 0 Å². The summed E-state index contributed by atoms with van der Waals surface area (Å²) in [5.41, 5.74) is 2.94. The van der Waals surface area contributed by atoms with E-state index in [2.05, 4.69) is 6.07 Å². The monoisotopic (exact) mass is 290 g/mol. The predicted octanol–water partition coefficient (Wildman–Crippen LogP) is 4.62. The van der Waals surface area contributed by atoms with Gasteiger partial charge >= 0.3 is 0 Å². The maximum absolute atomic E-state index is 12.8. The van der Waals surface area contributed by atoms with E-state index in [0.717, 1.165) is 5.56 Å². The summed E-state index contributed by atoms with van der Waals surface area (Å²) in [6.07, 6.45) is 1.06. The van der Waals surface area contributed by atoms with Gasteiger partial charge in [0.1, 0.15) is 11.2 Å². The van der Waals surface area contributed by atoms with Crippen LogP contribution in [0.1, 0.15) is 28.5 Å². The number of hydrogen-bond acceptors (Lipinski definition) is 1. The highest BCUT2D eigenvalue weighted by molar-refractivity contribution is 6.31. The summed E-state index contributed by atoms with van der Waals surface area (Å²) >= 11 is 6.13. The Labute approximate surface area is 123 Å². The Kier molecular flexibility index (Phi) is 4.91. The summed E-state index contributed by atoms with van der Waals surface area (Å²) in [5.74, 6) is -0.371. The van der Waals surface area contributed by atoms with Crippen LogP contribution in [-0.4, -0.2) is 5.78 Å². The highest BCUT2D eigenvalue weighted by Gasteiger charge is 2.17. The zero-order valence-corrected chi connectivity index (χ0v) is 12.0. The Balaban J connectivity index is 1.96. The molecule has 0 N–H and O–H groups in total. The zero-order valence-electron chi connectivity index (χ0n) is 11.3. The molecule has 104 valence electrons. The quantitative estimate of drug-likeness (QED) is 0.735. The molecule has 0 aliphatic carbocycles. The van der Waals surface area contributed by atoms with Gasteiger partial charge in [-0.2, -0.15) is 0 Å². The Bertz CT molecular complexity index is 592. The molecule has 20 heavy (non-hydrogen) atoms. The first-order valence-corrected chi connectivity index (χ1v) is 6.97. The Hall–Kier alpha value is -1.67. The minimum Gasteiger partial charge on any atom is -0.298 e. The first kappa shape index (κ1) is 14.7. The summed E-state index contributed by atoms with van der Waals surface area (Å²) < 4.78 is 12.8. The van der Waals surface area contributed by atoms with E-state index < -0.39 is 5.38 Å². The number of carbonyl (C=O) groups excluding carboxylic acids is 1. The summed E-state index contributed by atoms with van der Waals surface area (Å²) in [6.45, 7) is 2.02. The van der Waals surface area contributed by atoms with Gasteiger partial charge in [0.25, 0.3) is 0 Å². The molecule has 1 unspecified atom stereocenters. The largest absolute Gasteiger partial charge is 0.298 e. The van der Waals surface area contributed by atoms with E-state index in [0.29, 0.717) is 18.4 Å². The number of hydrogen-bond donors (Lipinski definition) is 0. The molecule has 2 aromatic carbocycles. The standard InChI is InChI=1S/C17H16ClFO/c1-12-3-2-4-13(11-12)5-10-16(20)17(18)14-6-8-15(19)9-7-14/h2-4,6-9,11,17H,5,10H2,1H3. The number of aryl methyl sites for hydroxylation is 2. The van der Waals surface area contributed by atoms with Crippen molar-refractivity contribution in [3.05, 3.63) is 71.0 Å². The van der Waals surface area contributed by atoms with Gasteiger partial charge in [0.15, 0.2) is 5.78 Å². The van der Waals surface area contributed by atoms with Crippen LogP contribution in [0.4, 0.5) is 4.39 Å². The minimum atomic E-state index is -0.708. The maximum atomic E-state index is 12.8. The van der Waals surface area contributed by atoms with Gasteiger partial charge in [-0.25, -0.2) is 4.39 Å². The number of alkyl halides is 1. The third-order valence-corrected chi connectivity index (χ3v) is 3.68. The van der Waals surface area contributed by atoms with Gasteiger partial charge in [0, 0.05) is 6.42 Å². The average molecular weight is 291 g/mol. The first-order valence-electron chi connectivity index (χ1n) is 6.54. The van der Waals surface area contributed by atoms with E-state index in [-0.39, 0.29) is 11.6 Å². The summed E-state index contributed by atoms with van der Waals surface area (Å²) in [7, 11) is 0. The van der Waals surface area contributed by atoms with Crippen LogP contribution in [0.2, 0.25) is 0 Å². The van der Waals surface area contributed by atoms with Crippen molar-refractivity contribution in [3.63, 3.8) is 0 Å². The highest BCUT2D eigenvalue weighted by Crippen LogP contribution is 2.23. The fraction of sp³-hybridized carbons (Fsp3) is 0.235. The number of Topliss-reactive ketones (excluding diaryl/α,β-unsaturated/α-hetero) is 1. The minimum absolute atomic E-state index is 0.0419. The first-order chi connectivity index (χ1) is 9.56. The van der Waals surface area contributed by atoms with Crippen molar-refractivity contribution in [3.8, 4) is 0 Å². The molecule has 1 nitrogen and oxygen atoms in total. The molecule has 0 amide bonds. The van der Waals surface area contributed by atoms with E-state index in [1.807, 2.05) is 25.1 Å². The van der Waals surface area contributed by atoms with E-state index in [1.165, 1.54) is 17.7 Å². The lowest BCUT2D eigenvalue weighted by Crippen LogP contribution is -2.08. The molecule has 0 fully saturated rings. The third kappa shape index (κ3) is 3.91. The van der Waals surface area contributed by atoms with E-state index in [4.69, 9.17) is 11.6 Å². The Morgan fingerprint density at radius 1 is 1.20 bits per heavy atom. The zero-order chi connectivity index (χ0) is 14.5. The molecule has 0 heterocycles. The van der Waals surface area contributed by atoms with Crippen molar-refractivity contribution in [2.45, 2.75) is 25.1 Å². The molecule has 0 saturated heterocycles. The lowest BCUT2D eigenvalue weighted by Gasteiger charge is -2.09. The highest BCUT2D eigenvalue weighted by atomic mass is 35.5. The van der Waals surface area contributed by atoms with Crippen LogP contribution in [0.5, 0.6) is 0 Å². The molecule has 2 rings (SSSR count). The fourth-order valence-corrected chi connectivity index (χ4v) is 2.33. The fourth-order valence-electron chi connectivity index (χ4n) is 2.08. The van der Waals surface area contributed by atoms with Gasteiger partial charge in [0.05, 0.1) is 0 Å². The second-order valence-corrected chi connectivity index (χ2v) is 5.31. The van der Waals surface area contributed by atoms with Gasteiger partial charge < -0.3 is 0 Å². The molecule has 1 atom stereocenters. The number of ketones is 1. The Morgan fingerprint density at radius 3 is 2.55 bits per heavy atom. The average Bonchev–Trinajstić information content (AvgIpc) is 2.45. The second-order valence-electron chi connectivity index (χ2n) is 4.87. The van der Waals surface area contributed by atoms with Gasteiger partial charge in [-0.3, -0.25) is 4.79 Å². The van der Waals surface area contributed by atoms with Crippen molar-refractivity contribution in [2.75, 3.05) is 0 Å². The van der Waals surface area contributed by atoms with Gasteiger partial charge in [-0.1, -0.05) is 42.0 Å². The van der Waals surface area contributed by atoms with Crippen molar-refractivity contribution in [2.24, 2.45) is 0 Å². The molecule has 0 aromatic heterocycles. The topological polar surface area (TPSA) is 17.1 Å². The van der Waals surface area contributed by atoms with Crippen LogP contribution in [0, 0.1) is 12.7 Å². The van der Waals surface area contributed by atoms with E-state index in [9.17, 15) is 9.18 Å². The molecule has 0 bridgehead atoms. The van der Waals surface area contributed by atoms with Crippen LogP contribution in [0.25, 0.3) is 0 Å². The molecule has 0 spiro atoms. The van der Waals surface area contributed by atoms with Gasteiger partial charge in [-0.15, -0.1) is 11.6 Å². The van der Waals surface area contributed by atoms with Crippen LogP contribution in [0.15, 0.2) is 48.5 Å². The lowest BCUT2D eigenvalue weighted by atomic mass is 10.0. The molecule has 0 aliphatic heterocycles. The van der Waals surface area contributed by atoms with Crippen LogP contribution < -0.4 is 0 Å². The van der Waals surface area contributed by atoms with Crippen molar-refractivity contribution in [1.82, 2.24) is 0 Å². The van der Waals surface area contributed by atoms with Crippen LogP contribution >= 0.6 is 11.6 Å². The van der Waals surface area contributed by atoms with E-state index in [1.54, 1.807) is 12.1 Å². The van der Waals surface area contributed by atoms with Gasteiger partial charge in [0.2, 0.25) is 0 Å². The maximum Gasteiger partial charge on any atom is 0.155 e. The summed E-state index contributed by atoms with van der Waals surface area (Å²) in [6, 6.07) is 13.8. The summed E-state index contributed by atoms with van der Waals surface area (Å²) in [4.78, 5) is 12.1. The molecule has 0 radical (unpaired) electrons. The predicted molar refractivity (Wildman–Crippen MR) is 79.5 cm³/mol. The molecule has 3 heteroatoms. The SMILES string of the molecule is Cc1cccc(CCC(=O)C(Cl)c2ccc(F)cc2)c1. The molecule has 2 aromatic rings. The van der Waals surface area contributed by atoms with Crippen LogP contribution in [-0.2, 0) is 11.2 Å². The molecular weight excluding hydrogens is 275 g/mol. The van der Waals surface area contributed by atoms with Gasteiger partial charge in [-0.05, 0) is 36.6 Å². The Morgan fingerprint density at radius 2 is 1.90 bits per heavy atom. The molecular formula is C17H16ClFO. The number of halogens is 2. The lowest BCUT2D eigenvalue weighted by molar-refractivity contribution is -0.118. The number of benzene rings is 2. The molecule has 0 saturated carbocycles. The number of carbonyl (C=O) groups is 1. The molecule has 0 aliphatic rings. The number of rotatable bonds is 5. The normalized spacial score (nSPS) is 12.2. The smallest absolute Gasteiger partial charge is 0.155 e. The third-order valence-electron chi connectivity index (χ3n) is 3.19. The van der Waals surface area contributed by atoms with Crippen molar-refractivity contribution >= 4 is 17.4 Å².